The van der Waals surface area contributed by atoms with Crippen LogP contribution < -0.4 is 16.0 Å². The molecular formula is C16H17F3N8O. The van der Waals surface area contributed by atoms with Crippen molar-refractivity contribution < 1.29 is 18.0 Å². The predicted octanol–water partition coefficient (Wildman–Crippen LogP) is 2.17. The second-order valence-corrected chi connectivity index (χ2v) is 6.43. The second-order valence-electron chi connectivity index (χ2n) is 6.43. The Bertz CT molecular complexity index is 1020. The summed E-state index contributed by atoms with van der Waals surface area (Å²) in [6, 6.07) is 3.16. The standard InChI is InChI=1S/C16H17F3N8O/c1-20-13-6-11(24-12-4-5-21-26(12)8-16(17,18)19)25-14-10(7-22-27(13)14)15(28)23-9-2-3-9/h4-7,9,20H,2-3,8H2,1H3,(H,23,28)(H,24,25). The van der Waals surface area contributed by atoms with Crippen molar-refractivity contribution in [1.82, 2.24) is 29.7 Å². The summed E-state index contributed by atoms with van der Waals surface area (Å²) in [7, 11) is 1.66. The molecule has 12 heteroatoms. The Balaban J connectivity index is 1.68. The first-order valence-electron chi connectivity index (χ1n) is 8.57. The van der Waals surface area contributed by atoms with Crippen molar-refractivity contribution in [3.8, 4) is 0 Å². The molecule has 1 aliphatic rings. The van der Waals surface area contributed by atoms with Gasteiger partial charge >= 0.3 is 6.18 Å². The fraction of sp³-hybridized carbons (Fsp3) is 0.375. The topological polar surface area (TPSA) is 101 Å². The predicted molar refractivity (Wildman–Crippen MR) is 94.6 cm³/mol. The maximum absolute atomic E-state index is 12.7. The van der Waals surface area contributed by atoms with Gasteiger partial charge in [0, 0.05) is 25.2 Å². The summed E-state index contributed by atoms with van der Waals surface area (Å²) in [5.41, 5.74) is 0.574. The smallest absolute Gasteiger partial charge is 0.373 e. The summed E-state index contributed by atoms with van der Waals surface area (Å²) in [6.07, 6.45) is 0.152. The quantitative estimate of drug-likeness (QED) is 0.592. The van der Waals surface area contributed by atoms with Crippen LogP contribution in [-0.2, 0) is 6.54 Å². The summed E-state index contributed by atoms with van der Waals surface area (Å²) < 4.78 is 40.4. The fourth-order valence-corrected chi connectivity index (χ4v) is 2.72. The van der Waals surface area contributed by atoms with Gasteiger partial charge in [-0.25, -0.2) is 9.67 Å². The van der Waals surface area contributed by atoms with E-state index in [0.29, 0.717) is 5.82 Å². The average molecular weight is 394 g/mol. The molecule has 3 aromatic rings. The number of nitrogens with one attached hydrogen (secondary N) is 3. The highest BCUT2D eigenvalue weighted by atomic mass is 19.4. The molecule has 1 fully saturated rings. The zero-order valence-corrected chi connectivity index (χ0v) is 14.8. The third kappa shape index (κ3) is 3.70. The number of carbonyl (C=O) groups excluding carboxylic acids is 1. The van der Waals surface area contributed by atoms with Gasteiger partial charge in [0.2, 0.25) is 0 Å². The van der Waals surface area contributed by atoms with Gasteiger partial charge in [0.15, 0.2) is 5.65 Å². The third-order valence-electron chi connectivity index (χ3n) is 4.19. The van der Waals surface area contributed by atoms with Gasteiger partial charge in [-0.05, 0) is 12.8 Å². The van der Waals surface area contributed by atoms with E-state index in [1.807, 2.05) is 0 Å². The number of hydrogen-bond acceptors (Lipinski definition) is 6. The van der Waals surface area contributed by atoms with Crippen molar-refractivity contribution in [2.24, 2.45) is 0 Å². The van der Waals surface area contributed by atoms with Gasteiger partial charge in [-0.15, -0.1) is 0 Å². The third-order valence-corrected chi connectivity index (χ3v) is 4.19. The molecule has 28 heavy (non-hydrogen) atoms. The van der Waals surface area contributed by atoms with E-state index in [1.165, 1.54) is 23.0 Å². The highest BCUT2D eigenvalue weighted by molar-refractivity contribution is 6.00. The number of rotatable bonds is 6. The number of carbonyl (C=O) groups is 1. The van der Waals surface area contributed by atoms with Crippen LogP contribution in [0.2, 0.25) is 0 Å². The summed E-state index contributed by atoms with van der Waals surface area (Å²) in [5, 5.41) is 16.5. The highest BCUT2D eigenvalue weighted by Gasteiger charge is 2.30. The molecule has 9 nitrogen and oxygen atoms in total. The van der Waals surface area contributed by atoms with Gasteiger partial charge in [0.05, 0.1) is 12.4 Å². The molecule has 3 heterocycles. The van der Waals surface area contributed by atoms with Gasteiger partial charge < -0.3 is 16.0 Å². The minimum atomic E-state index is -4.41. The second kappa shape index (κ2) is 6.69. The van der Waals surface area contributed by atoms with Crippen LogP contribution >= 0.6 is 0 Å². The fourth-order valence-electron chi connectivity index (χ4n) is 2.72. The zero-order valence-electron chi connectivity index (χ0n) is 14.8. The first-order valence-corrected chi connectivity index (χ1v) is 8.57. The lowest BCUT2D eigenvalue weighted by atomic mass is 10.3. The molecule has 0 aromatic carbocycles. The van der Waals surface area contributed by atoms with Gasteiger partial charge in [-0.2, -0.15) is 27.9 Å². The minimum absolute atomic E-state index is 0.125. The largest absolute Gasteiger partial charge is 0.408 e. The molecule has 3 N–H and O–H groups in total. The number of aromatic nitrogens is 5. The number of fused-ring (bicyclic) bond motifs is 1. The summed E-state index contributed by atoms with van der Waals surface area (Å²) in [5.74, 6) is 0.604. The van der Waals surface area contributed by atoms with Gasteiger partial charge in [-0.3, -0.25) is 4.79 Å². The summed E-state index contributed by atoms with van der Waals surface area (Å²) in [4.78, 5) is 16.8. The normalized spacial score (nSPS) is 14.3. The monoisotopic (exact) mass is 394 g/mol. The van der Waals surface area contributed by atoms with Crippen molar-refractivity contribution in [3.05, 3.63) is 30.1 Å². The highest BCUT2D eigenvalue weighted by Crippen LogP contribution is 2.25. The van der Waals surface area contributed by atoms with E-state index in [-0.39, 0.29) is 34.8 Å². The van der Waals surface area contributed by atoms with E-state index in [4.69, 9.17) is 0 Å². The number of alkyl halides is 3. The van der Waals surface area contributed by atoms with E-state index in [9.17, 15) is 18.0 Å². The first kappa shape index (κ1) is 18.1. The SMILES string of the molecule is CNc1cc(Nc2ccnn2CC(F)(F)F)nc2c(C(=O)NC3CC3)cnn12. The van der Waals surface area contributed by atoms with Crippen molar-refractivity contribution in [2.75, 3.05) is 17.7 Å². The molecule has 0 radical (unpaired) electrons. The van der Waals surface area contributed by atoms with E-state index in [2.05, 4.69) is 31.1 Å². The molecular weight excluding hydrogens is 377 g/mol. The minimum Gasteiger partial charge on any atom is -0.373 e. The Kier molecular flexibility index (Phi) is 4.32. The lowest BCUT2D eigenvalue weighted by molar-refractivity contribution is -0.142. The first-order chi connectivity index (χ1) is 13.3. The molecule has 4 rings (SSSR count). The van der Waals surface area contributed by atoms with Crippen LogP contribution in [0.5, 0.6) is 0 Å². The Hall–Kier alpha value is -3.31. The summed E-state index contributed by atoms with van der Waals surface area (Å²) in [6.45, 7) is -1.23. The molecule has 1 saturated carbocycles. The van der Waals surface area contributed by atoms with E-state index < -0.39 is 12.7 Å². The van der Waals surface area contributed by atoms with E-state index >= 15 is 0 Å². The van der Waals surface area contributed by atoms with Gasteiger partial charge in [0.1, 0.15) is 29.6 Å². The molecule has 1 aliphatic carbocycles. The van der Waals surface area contributed by atoms with Crippen LogP contribution in [-0.4, -0.2) is 49.6 Å². The molecule has 0 saturated heterocycles. The average Bonchev–Trinajstić information content (AvgIpc) is 3.17. The van der Waals surface area contributed by atoms with Gasteiger partial charge in [-0.1, -0.05) is 0 Å². The van der Waals surface area contributed by atoms with Crippen molar-refractivity contribution >= 4 is 29.0 Å². The molecule has 0 atom stereocenters. The molecule has 148 valence electrons. The molecule has 1 amide bonds. The number of halogens is 3. The van der Waals surface area contributed by atoms with Crippen LogP contribution in [0.3, 0.4) is 0 Å². The number of amides is 1. The van der Waals surface area contributed by atoms with Crippen LogP contribution in [0.25, 0.3) is 5.65 Å². The molecule has 0 spiro atoms. The molecule has 0 unspecified atom stereocenters. The van der Waals surface area contributed by atoms with E-state index in [1.54, 1.807) is 13.1 Å². The maximum Gasteiger partial charge on any atom is 0.408 e. The number of hydrogen-bond donors (Lipinski definition) is 3. The van der Waals surface area contributed by atoms with Crippen LogP contribution in [0.15, 0.2) is 24.5 Å². The van der Waals surface area contributed by atoms with Crippen molar-refractivity contribution in [1.29, 1.82) is 0 Å². The number of anilines is 3. The molecule has 0 bridgehead atoms. The van der Waals surface area contributed by atoms with E-state index in [0.717, 1.165) is 17.5 Å². The molecule has 0 aliphatic heterocycles. The Morgan fingerprint density at radius 2 is 2.07 bits per heavy atom. The van der Waals surface area contributed by atoms with Gasteiger partial charge in [0.25, 0.3) is 5.91 Å². The van der Waals surface area contributed by atoms with Crippen LogP contribution in [0.4, 0.5) is 30.6 Å². The zero-order chi connectivity index (χ0) is 19.9. The lowest BCUT2D eigenvalue weighted by Gasteiger charge is -2.13. The summed E-state index contributed by atoms with van der Waals surface area (Å²) >= 11 is 0. The van der Waals surface area contributed by atoms with Crippen molar-refractivity contribution in [3.63, 3.8) is 0 Å². The Morgan fingerprint density at radius 3 is 2.75 bits per heavy atom. The lowest BCUT2D eigenvalue weighted by Crippen LogP contribution is -2.25. The Labute approximate surface area is 156 Å². The van der Waals surface area contributed by atoms with Crippen LogP contribution in [0.1, 0.15) is 23.2 Å². The van der Waals surface area contributed by atoms with Crippen LogP contribution in [0, 0.1) is 0 Å². The Morgan fingerprint density at radius 1 is 1.29 bits per heavy atom. The molecule has 3 aromatic heterocycles. The van der Waals surface area contributed by atoms with Crippen molar-refractivity contribution in [2.45, 2.75) is 31.6 Å². The maximum atomic E-state index is 12.7. The number of nitrogens with zero attached hydrogens (tertiary/aromatic N) is 5.